The molecule has 0 amide bonds. The van der Waals surface area contributed by atoms with Crippen molar-refractivity contribution < 1.29 is 12.8 Å². The number of H-pyrrole nitrogens is 1. The Balaban J connectivity index is 1.90. The van der Waals surface area contributed by atoms with E-state index in [1.165, 1.54) is 10.4 Å². The first kappa shape index (κ1) is 15.5. The fourth-order valence-corrected chi connectivity index (χ4v) is 4.74. The van der Waals surface area contributed by atoms with Crippen LogP contribution >= 0.6 is 11.6 Å². The van der Waals surface area contributed by atoms with Crippen LogP contribution in [0.5, 0.6) is 0 Å². The number of aromatic amines is 1. The lowest BCUT2D eigenvalue weighted by Gasteiger charge is -2.31. The molecule has 3 rings (SSSR count). The van der Waals surface area contributed by atoms with E-state index < -0.39 is 15.8 Å². The maximum Gasteiger partial charge on any atom is 0.244 e. The van der Waals surface area contributed by atoms with Crippen LogP contribution in [0.2, 0.25) is 5.02 Å². The highest BCUT2D eigenvalue weighted by Crippen LogP contribution is 2.32. The predicted molar refractivity (Wildman–Crippen MR) is 80.7 cm³/mol. The average Bonchev–Trinajstić information content (AvgIpc) is 3.04. The Kier molecular flexibility index (Phi) is 4.20. The minimum absolute atomic E-state index is 0.0341. The standard InChI is InChI=1S/C14H15ClFN3O2S/c15-13-4-3-12(16)6-14(13)22(20,21)19-5-1-2-10(9-19)11-7-17-18-8-11/h3-4,6-8,10H,1-2,5,9H2,(H,17,18). The van der Waals surface area contributed by atoms with Crippen molar-refractivity contribution in [1.29, 1.82) is 0 Å². The van der Waals surface area contributed by atoms with E-state index in [0.29, 0.717) is 13.1 Å². The number of sulfonamides is 1. The zero-order valence-corrected chi connectivity index (χ0v) is 13.2. The maximum absolute atomic E-state index is 13.4. The van der Waals surface area contributed by atoms with Crippen molar-refractivity contribution >= 4 is 21.6 Å². The summed E-state index contributed by atoms with van der Waals surface area (Å²) < 4.78 is 40.2. The molecule has 0 spiro atoms. The Morgan fingerprint density at radius 2 is 2.23 bits per heavy atom. The third-order valence-corrected chi connectivity index (χ3v) is 6.23. The molecule has 0 radical (unpaired) electrons. The molecule has 5 nitrogen and oxygen atoms in total. The van der Waals surface area contributed by atoms with Gasteiger partial charge in [-0.15, -0.1) is 0 Å². The largest absolute Gasteiger partial charge is 0.285 e. The smallest absolute Gasteiger partial charge is 0.244 e. The summed E-state index contributed by atoms with van der Waals surface area (Å²) in [6.07, 6.45) is 5.11. The molecule has 1 aromatic heterocycles. The number of nitrogens with one attached hydrogen (secondary N) is 1. The molecule has 1 aliphatic rings. The summed E-state index contributed by atoms with van der Waals surface area (Å²) in [5.41, 5.74) is 0.977. The van der Waals surface area contributed by atoms with Crippen LogP contribution in [0.15, 0.2) is 35.5 Å². The zero-order valence-electron chi connectivity index (χ0n) is 11.7. The van der Waals surface area contributed by atoms with Crippen LogP contribution in [0.3, 0.4) is 0 Å². The first-order valence-corrected chi connectivity index (χ1v) is 8.74. The second-order valence-corrected chi connectivity index (χ2v) is 7.62. The second kappa shape index (κ2) is 5.98. The van der Waals surface area contributed by atoms with Crippen LogP contribution in [0.1, 0.15) is 24.3 Å². The molecule has 22 heavy (non-hydrogen) atoms. The predicted octanol–water partition coefficient (Wildman–Crippen LogP) is 2.77. The fraction of sp³-hybridized carbons (Fsp3) is 0.357. The van der Waals surface area contributed by atoms with Crippen molar-refractivity contribution in [3.05, 3.63) is 47.0 Å². The third-order valence-electron chi connectivity index (χ3n) is 3.89. The molecule has 118 valence electrons. The molecule has 1 saturated heterocycles. The van der Waals surface area contributed by atoms with Gasteiger partial charge < -0.3 is 0 Å². The van der Waals surface area contributed by atoms with Gasteiger partial charge in [0.15, 0.2) is 0 Å². The van der Waals surface area contributed by atoms with Crippen LogP contribution in [0.4, 0.5) is 4.39 Å². The van der Waals surface area contributed by atoms with Crippen LogP contribution in [0, 0.1) is 5.82 Å². The first-order chi connectivity index (χ1) is 10.5. The van der Waals surface area contributed by atoms with Crippen molar-refractivity contribution in [1.82, 2.24) is 14.5 Å². The monoisotopic (exact) mass is 343 g/mol. The van der Waals surface area contributed by atoms with Crippen molar-refractivity contribution in [3.8, 4) is 0 Å². The summed E-state index contributed by atoms with van der Waals surface area (Å²) in [7, 11) is -3.81. The average molecular weight is 344 g/mol. The van der Waals surface area contributed by atoms with Gasteiger partial charge in [0.2, 0.25) is 10.0 Å². The van der Waals surface area contributed by atoms with Gasteiger partial charge in [0.1, 0.15) is 10.7 Å². The molecule has 1 atom stereocenters. The summed E-state index contributed by atoms with van der Waals surface area (Å²) in [4.78, 5) is -0.179. The van der Waals surface area contributed by atoms with Gasteiger partial charge in [0, 0.05) is 25.2 Å². The van der Waals surface area contributed by atoms with E-state index in [1.807, 2.05) is 0 Å². The molecule has 1 unspecified atom stereocenters. The highest BCUT2D eigenvalue weighted by Gasteiger charge is 2.32. The van der Waals surface area contributed by atoms with E-state index in [9.17, 15) is 12.8 Å². The molecule has 2 aromatic rings. The topological polar surface area (TPSA) is 66.1 Å². The number of hydrogen-bond donors (Lipinski definition) is 1. The minimum Gasteiger partial charge on any atom is -0.285 e. The Morgan fingerprint density at radius 1 is 1.41 bits per heavy atom. The van der Waals surface area contributed by atoms with E-state index in [4.69, 9.17) is 11.6 Å². The van der Waals surface area contributed by atoms with Gasteiger partial charge in [0.05, 0.1) is 11.2 Å². The lowest BCUT2D eigenvalue weighted by molar-refractivity contribution is 0.315. The lowest BCUT2D eigenvalue weighted by atomic mass is 9.94. The van der Waals surface area contributed by atoms with Gasteiger partial charge in [-0.2, -0.15) is 9.40 Å². The van der Waals surface area contributed by atoms with E-state index in [0.717, 1.165) is 30.5 Å². The van der Waals surface area contributed by atoms with E-state index in [1.54, 1.807) is 12.4 Å². The molecule has 0 saturated carbocycles. The third kappa shape index (κ3) is 2.88. The summed E-state index contributed by atoms with van der Waals surface area (Å²) >= 11 is 5.95. The van der Waals surface area contributed by atoms with Gasteiger partial charge in [-0.3, -0.25) is 5.10 Å². The minimum atomic E-state index is -3.81. The molecule has 8 heteroatoms. The van der Waals surface area contributed by atoms with E-state index in [-0.39, 0.29) is 15.8 Å². The van der Waals surface area contributed by atoms with Crippen LogP contribution in [-0.2, 0) is 10.0 Å². The quantitative estimate of drug-likeness (QED) is 0.931. The number of rotatable bonds is 3. The Labute approximate surface area is 133 Å². The van der Waals surface area contributed by atoms with Crippen LogP contribution < -0.4 is 0 Å². The number of benzene rings is 1. The number of piperidine rings is 1. The summed E-state index contributed by atoms with van der Waals surface area (Å²) in [5, 5.41) is 6.68. The molecule has 1 fully saturated rings. The first-order valence-electron chi connectivity index (χ1n) is 6.92. The Morgan fingerprint density at radius 3 is 2.95 bits per heavy atom. The Bertz CT molecular complexity index is 764. The van der Waals surface area contributed by atoms with Gasteiger partial charge in [-0.25, -0.2) is 12.8 Å². The van der Waals surface area contributed by atoms with Gasteiger partial charge >= 0.3 is 0 Å². The summed E-state index contributed by atoms with van der Waals surface area (Å²) in [6, 6.07) is 3.38. The zero-order chi connectivity index (χ0) is 15.7. The molecule has 1 aliphatic heterocycles. The summed E-state index contributed by atoms with van der Waals surface area (Å²) in [5.74, 6) is -0.541. The maximum atomic E-state index is 13.4. The highest BCUT2D eigenvalue weighted by atomic mass is 35.5. The number of hydrogen-bond acceptors (Lipinski definition) is 3. The molecular formula is C14H15ClFN3O2S. The van der Waals surface area contributed by atoms with Gasteiger partial charge in [-0.05, 0) is 36.6 Å². The molecule has 0 bridgehead atoms. The molecular weight excluding hydrogens is 329 g/mol. The van der Waals surface area contributed by atoms with Gasteiger partial charge in [0.25, 0.3) is 0 Å². The SMILES string of the molecule is O=S(=O)(c1cc(F)ccc1Cl)N1CCCC(c2cn[nH]c2)C1. The van der Waals surface area contributed by atoms with Crippen molar-refractivity contribution in [2.24, 2.45) is 0 Å². The fourth-order valence-electron chi connectivity index (χ4n) is 2.73. The highest BCUT2D eigenvalue weighted by molar-refractivity contribution is 7.89. The normalized spacial score (nSPS) is 20.2. The second-order valence-electron chi connectivity index (χ2n) is 5.31. The number of aromatic nitrogens is 2. The number of halogens is 2. The Hall–Kier alpha value is -1.44. The lowest BCUT2D eigenvalue weighted by Crippen LogP contribution is -2.39. The van der Waals surface area contributed by atoms with Crippen molar-refractivity contribution in [2.45, 2.75) is 23.7 Å². The molecule has 0 aliphatic carbocycles. The number of nitrogens with zero attached hydrogens (tertiary/aromatic N) is 2. The summed E-state index contributed by atoms with van der Waals surface area (Å²) in [6.45, 7) is 0.748. The van der Waals surface area contributed by atoms with E-state index in [2.05, 4.69) is 10.2 Å². The van der Waals surface area contributed by atoms with Crippen LogP contribution in [0.25, 0.3) is 0 Å². The van der Waals surface area contributed by atoms with Crippen molar-refractivity contribution in [2.75, 3.05) is 13.1 Å². The van der Waals surface area contributed by atoms with Crippen molar-refractivity contribution in [3.63, 3.8) is 0 Å². The van der Waals surface area contributed by atoms with Crippen LogP contribution in [-0.4, -0.2) is 36.0 Å². The molecule has 1 N–H and O–H groups in total. The van der Waals surface area contributed by atoms with Gasteiger partial charge in [-0.1, -0.05) is 11.6 Å². The molecule has 2 heterocycles. The molecule has 1 aromatic carbocycles. The van der Waals surface area contributed by atoms with E-state index >= 15 is 0 Å².